The second-order valence-corrected chi connectivity index (χ2v) is 11.1. The van der Waals surface area contributed by atoms with E-state index in [4.69, 9.17) is 33.2 Å². The van der Waals surface area contributed by atoms with Crippen LogP contribution in [-0.2, 0) is 33.2 Å². The molecule has 0 radical (unpaired) electrons. The van der Waals surface area contributed by atoms with Gasteiger partial charge >= 0.3 is 0 Å². The zero-order chi connectivity index (χ0) is 33.3. The number of rotatable bonds is 10. The van der Waals surface area contributed by atoms with Crippen LogP contribution in [0.15, 0.2) is 0 Å². The van der Waals surface area contributed by atoms with Gasteiger partial charge in [-0.15, -0.1) is 0 Å². The number of aliphatic hydroxyl groups excluding tert-OH is 14. The average Bonchev–Trinajstić information content (AvgIpc) is 3.03. The van der Waals surface area contributed by atoms with Crippen LogP contribution in [0.2, 0.25) is 0 Å². The van der Waals surface area contributed by atoms with Crippen molar-refractivity contribution < 1.29 is 105 Å². The topological polar surface area (TPSA) is 348 Å². The van der Waals surface area contributed by atoms with Gasteiger partial charge in [-0.3, -0.25) is 0 Å². The molecule has 0 aromatic carbocycles. The largest absolute Gasteiger partial charge is 0.394 e. The number of hydrogen-bond donors (Lipinski definition) is 14. The summed E-state index contributed by atoms with van der Waals surface area (Å²) in [5.41, 5.74) is 0. The Kier molecular flexibility index (Phi) is 12.8. The van der Waals surface area contributed by atoms with Crippen LogP contribution >= 0.6 is 0 Å². The molecule has 4 fully saturated rings. The average molecular weight is 667 g/mol. The SMILES string of the molecule is OC[C@H]1O[C@@H](O[C@H]2[C@H](O)[C@H](O)[C@H](O[C@H]3[C@H](O)[C@H](O)[C@H](O[C@H]4[C@H](O)[C@@H](O)[C@H](O)O[C@@H]4CO)O[C@@H]3CO)O[C@@H]2CO)[C@@H](O)[C@@H](O)[C@@H]1O. The molecule has 0 spiro atoms. The van der Waals surface area contributed by atoms with Crippen LogP contribution in [0.25, 0.3) is 0 Å². The van der Waals surface area contributed by atoms with E-state index < -0.39 is 149 Å². The molecule has 21 nitrogen and oxygen atoms in total. The minimum absolute atomic E-state index is 0.784. The fourth-order valence-electron chi connectivity index (χ4n) is 5.55. The normalized spacial score (nSPS) is 52.9. The lowest BCUT2D eigenvalue weighted by atomic mass is 9.95. The molecular formula is C24H42O21. The summed E-state index contributed by atoms with van der Waals surface area (Å²) >= 11 is 0. The molecule has 4 rings (SSSR count). The van der Waals surface area contributed by atoms with Gasteiger partial charge < -0.3 is 105 Å². The number of aliphatic hydroxyl groups is 14. The predicted octanol–water partition coefficient (Wildman–Crippen LogP) is -9.75. The Bertz CT molecular complexity index is 910. The highest BCUT2D eigenvalue weighted by molar-refractivity contribution is 4.97. The van der Waals surface area contributed by atoms with Crippen molar-refractivity contribution in [3.63, 3.8) is 0 Å². The first kappa shape index (κ1) is 37.0. The first-order valence-corrected chi connectivity index (χ1v) is 14.1. The standard InChI is InChI=1S/C24H42O21/c25-1-5-9(29)10(30)15(35)22(40-5)44-19-7(3-27)42-24(17(37)12(19)32)45-20-8(4-28)41-23(16(36)13(20)33)43-18-6(2-26)39-21(38)14(34)11(18)31/h5-38H,1-4H2/t5-,6-,7-,8-,9-,10+,11-,12-,13-,14-,15+,16+,17+,18-,19-,20-,21-,22+,23+,24+/m1/s1. The van der Waals surface area contributed by atoms with E-state index in [-0.39, 0.29) is 0 Å². The molecule has 4 saturated heterocycles. The Morgan fingerprint density at radius 1 is 0.333 bits per heavy atom. The van der Waals surface area contributed by atoms with Crippen molar-refractivity contribution in [1.82, 2.24) is 0 Å². The first-order valence-electron chi connectivity index (χ1n) is 14.1. The molecule has 0 unspecified atom stereocenters. The molecule has 0 bridgehead atoms. The van der Waals surface area contributed by atoms with E-state index in [2.05, 4.69) is 0 Å². The Hall–Kier alpha value is -0.840. The van der Waals surface area contributed by atoms with Gasteiger partial charge in [-0.2, -0.15) is 0 Å². The van der Waals surface area contributed by atoms with E-state index in [0.29, 0.717) is 0 Å². The van der Waals surface area contributed by atoms with Crippen LogP contribution in [0, 0.1) is 0 Å². The van der Waals surface area contributed by atoms with Crippen molar-refractivity contribution in [3.8, 4) is 0 Å². The van der Waals surface area contributed by atoms with Crippen molar-refractivity contribution in [2.24, 2.45) is 0 Å². The highest BCUT2D eigenvalue weighted by Crippen LogP contribution is 2.34. The second-order valence-electron chi connectivity index (χ2n) is 11.1. The lowest BCUT2D eigenvalue weighted by molar-refractivity contribution is -0.387. The van der Waals surface area contributed by atoms with Crippen LogP contribution < -0.4 is 0 Å². The van der Waals surface area contributed by atoms with Crippen LogP contribution in [0.5, 0.6) is 0 Å². The fourth-order valence-corrected chi connectivity index (χ4v) is 5.55. The van der Waals surface area contributed by atoms with Crippen LogP contribution in [-0.4, -0.2) is 221 Å². The van der Waals surface area contributed by atoms with Crippen molar-refractivity contribution in [2.45, 2.75) is 123 Å². The third kappa shape index (κ3) is 7.44. The highest BCUT2D eigenvalue weighted by Gasteiger charge is 2.55. The predicted molar refractivity (Wildman–Crippen MR) is 134 cm³/mol. The maximum atomic E-state index is 10.9. The fraction of sp³-hybridized carbons (Fsp3) is 1.00. The molecule has 264 valence electrons. The minimum atomic E-state index is -2.02. The van der Waals surface area contributed by atoms with E-state index in [1.807, 2.05) is 0 Å². The van der Waals surface area contributed by atoms with Crippen molar-refractivity contribution in [1.29, 1.82) is 0 Å². The van der Waals surface area contributed by atoms with Crippen LogP contribution in [0.3, 0.4) is 0 Å². The lowest BCUT2D eigenvalue weighted by Crippen LogP contribution is -2.67. The number of hydrogen-bond acceptors (Lipinski definition) is 21. The molecular weight excluding hydrogens is 624 g/mol. The maximum absolute atomic E-state index is 10.9. The van der Waals surface area contributed by atoms with E-state index >= 15 is 0 Å². The summed E-state index contributed by atoms with van der Waals surface area (Å²) in [5.74, 6) is 0. The Labute approximate surface area is 254 Å². The lowest BCUT2D eigenvalue weighted by Gasteiger charge is -2.49. The zero-order valence-electron chi connectivity index (χ0n) is 23.5. The molecule has 0 saturated carbocycles. The third-order valence-corrected chi connectivity index (χ3v) is 8.20. The van der Waals surface area contributed by atoms with Crippen LogP contribution in [0.4, 0.5) is 0 Å². The molecule has 0 aromatic heterocycles. The summed E-state index contributed by atoms with van der Waals surface area (Å²) in [7, 11) is 0. The van der Waals surface area contributed by atoms with Gasteiger partial charge in [0.25, 0.3) is 0 Å². The zero-order valence-corrected chi connectivity index (χ0v) is 23.5. The molecule has 21 heteroatoms. The van der Waals surface area contributed by atoms with Crippen LogP contribution in [0.1, 0.15) is 0 Å². The summed E-state index contributed by atoms with van der Waals surface area (Å²) in [6.45, 7) is -3.39. The summed E-state index contributed by atoms with van der Waals surface area (Å²) < 4.78 is 37.7. The van der Waals surface area contributed by atoms with Gasteiger partial charge in [0.2, 0.25) is 0 Å². The van der Waals surface area contributed by atoms with Gasteiger partial charge in [-0.25, -0.2) is 0 Å². The van der Waals surface area contributed by atoms with Gasteiger partial charge in [0, 0.05) is 0 Å². The minimum Gasteiger partial charge on any atom is -0.394 e. The molecule has 0 aliphatic carbocycles. The van der Waals surface area contributed by atoms with E-state index in [1.54, 1.807) is 0 Å². The molecule has 0 amide bonds. The van der Waals surface area contributed by atoms with E-state index in [0.717, 1.165) is 0 Å². The third-order valence-electron chi connectivity index (χ3n) is 8.20. The van der Waals surface area contributed by atoms with E-state index in [1.165, 1.54) is 0 Å². The van der Waals surface area contributed by atoms with Crippen molar-refractivity contribution in [2.75, 3.05) is 26.4 Å². The second kappa shape index (κ2) is 15.6. The summed E-state index contributed by atoms with van der Waals surface area (Å²) in [4.78, 5) is 0. The smallest absolute Gasteiger partial charge is 0.187 e. The highest BCUT2D eigenvalue weighted by atomic mass is 16.8. The first-order chi connectivity index (χ1) is 21.3. The molecule has 45 heavy (non-hydrogen) atoms. The Morgan fingerprint density at radius 2 is 0.644 bits per heavy atom. The van der Waals surface area contributed by atoms with E-state index in [9.17, 15) is 71.5 Å². The molecule has 0 aromatic rings. The molecule has 14 N–H and O–H groups in total. The summed E-state index contributed by atoms with van der Waals surface area (Å²) in [5, 5.41) is 142. The van der Waals surface area contributed by atoms with Gasteiger partial charge in [0.1, 0.15) is 97.7 Å². The quantitative estimate of drug-likeness (QED) is 0.103. The maximum Gasteiger partial charge on any atom is 0.187 e. The van der Waals surface area contributed by atoms with Gasteiger partial charge in [-0.1, -0.05) is 0 Å². The van der Waals surface area contributed by atoms with Gasteiger partial charge in [0.15, 0.2) is 25.2 Å². The molecule has 20 atom stereocenters. The molecule has 4 aliphatic rings. The number of ether oxygens (including phenoxy) is 7. The Balaban J connectivity index is 1.43. The van der Waals surface area contributed by atoms with Gasteiger partial charge in [0.05, 0.1) is 26.4 Å². The van der Waals surface area contributed by atoms with Crippen molar-refractivity contribution >= 4 is 0 Å². The Morgan fingerprint density at radius 3 is 1.02 bits per heavy atom. The summed E-state index contributed by atoms with van der Waals surface area (Å²) in [6.07, 6.45) is -35.3. The monoisotopic (exact) mass is 666 g/mol. The molecule has 4 aliphatic heterocycles. The van der Waals surface area contributed by atoms with Gasteiger partial charge in [-0.05, 0) is 0 Å². The summed E-state index contributed by atoms with van der Waals surface area (Å²) in [6, 6.07) is 0. The van der Waals surface area contributed by atoms with Crippen molar-refractivity contribution in [3.05, 3.63) is 0 Å². The molecule has 4 heterocycles.